The van der Waals surface area contributed by atoms with E-state index in [0.717, 1.165) is 6.42 Å². The number of aliphatic hydroxyl groups excluding tert-OH is 1. The normalized spacial score (nSPS) is 40.7. The first kappa shape index (κ1) is 9.77. The summed E-state index contributed by atoms with van der Waals surface area (Å²) in [5.74, 6) is 0. The van der Waals surface area contributed by atoms with E-state index in [1.807, 2.05) is 0 Å². The van der Waals surface area contributed by atoms with Gasteiger partial charge in [0.2, 0.25) is 0 Å². The molecule has 0 aromatic heterocycles. The Labute approximate surface area is 83.3 Å². The van der Waals surface area contributed by atoms with Crippen molar-refractivity contribution in [3.8, 4) is 0 Å². The minimum Gasteiger partial charge on any atom is -0.465 e. The van der Waals surface area contributed by atoms with E-state index in [9.17, 15) is 4.79 Å². The van der Waals surface area contributed by atoms with Gasteiger partial charge in [-0.25, -0.2) is 4.79 Å². The van der Waals surface area contributed by atoms with Gasteiger partial charge in [-0.1, -0.05) is 6.92 Å². The van der Waals surface area contributed by atoms with Crippen LogP contribution in [-0.4, -0.2) is 29.0 Å². The van der Waals surface area contributed by atoms with Gasteiger partial charge in [0.05, 0.1) is 12.6 Å². The van der Waals surface area contributed by atoms with E-state index in [1.54, 1.807) is 0 Å². The van der Waals surface area contributed by atoms with Crippen molar-refractivity contribution in [3.63, 3.8) is 0 Å². The third-order valence-corrected chi connectivity index (χ3v) is 3.63. The lowest BCUT2D eigenvalue weighted by Crippen LogP contribution is -2.62. The highest BCUT2D eigenvalue weighted by molar-refractivity contribution is 5.64. The molecule has 2 bridgehead atoms. The standard InChI is InChI=1S/C10H17NO3/c1-9-4-10(5-9,6-9)2-7(3-12)11-8(13)14/h7,11-12H,2-6H2,1H3,(H,13,14)/t7-,9?,10?/m1/s1. The lowest BCUT2D eigenvalue weighted by molar-refractivity contribution is -0.199. The topological polar surface area (TPSA) is 69.6 Å². The first-order valence-corrected chi connectivity index (χ1v) is 5.07. The van der Waals surface area contributed by atoms with Crippen molar-refractivity contribution in [2.45, 2.75) is 38.6 Å². The lowest BCUT2D eigenvalue weighted by Gasteiger charge is -2.70. The summed E-state index contributed by atoms with van der Waals surface area (Å²) >= 11 is 0. The molecule has 4 heteroatoms. The minimum atomic E-state index is -1.04. The second-order valence-corrected chi connectivity index (χ2v) is 5.37. The van der Waals surface area contributed by atoms with Gasteiger partial charge < -0.3 is 15.5 Å². The van der Waals surface area contributed by atoms with Crippen molar-refractivity contribution in [1.29, 1.82) is 0 Å². The predicted octanol–water partition coefficient (Wildman–Crippen LogP) is 1.20. The first-order chi connectivity index (χ1) is 6.47. The van der Waals surface area contributed by atoms with Gasteiger partial charge in [-0.05, 0) is 36.5 Å². The number of amides is 1. The number of aliphatic hydroxyl groups is 1. The Morgan fingerprint density at radius 3 is 2.43 bits per heavy atom. The minimum absolute atomic E-state index is 0.0925. The van der Waals surface area contributed by atoms with Crippen LogP contribution in [0.3, 0.4) is 0 Å². The monoisotopic (exact) mass is 199 g/mol. The highest BCUT2D eigenvalue weighted by Crippen LogP contribution is 2.74. The van der Waals surface area contributed by atoms with Gasteiger partial charge >= 0.3 is 6.09 Å². The average molecular weight is 199 g/mol. The van der Waals surface area contributed by atoms with E-state index in [-0.39, 0.29) is 12.6 Å². The molecule has 0 radical (unpaired) electrons. The van der Waals surface area contributed by atoms with Crippen LogP contribution in [-0.2, 0) is 0 Å². The van der Waals surface area contributed by atoms with Crippen molar-refractivity contribution in [2.75, 3.05) is 6.61 Å². The van der Waals surface area contributed by atoms with Crippen molar-refractivity contribution in [3.05, 3.63) is 0 Å². The zero-order valence-electron chi connectivity index (χ0n) is 8.42. The van der Waals surface area contributed by atoms with E-state index in [0.29, 0.717) is 10.8 Å². The van der Waals surface area contributed by atoms with Gasteiger partial charge in [-0.15, -0.1) is 0 Å². The van der Waals surface area contributed by atoms with E-state index >= 15 is 0 Å². The zero-order chi connectivity index (χ0) is 10.4. The van der Waals surface area contributed by atoms with Gasteiger partial charge in [0, 0.05) is 0 Å². The van der Waals surface area contributed by atoms with Crippen LogP contribution in [0.25, 0.3) is 0 Å². The molecule has 0 heterocycles. The number of rotatable bonds is 4. The van der Waals surface area contributed by atoms with Crippen LogP contribution in [0, 0.1) is 10.8 Å². The zero-order valence-corrected chi connectivity index (χ0v) is 8.42. The summed E-state index contributed by atoms with van der Waals surface area (Å²) in [4.78, 5) is 10.4. The SMILES string of the molecule is CC12CC(C[C@H](CO)NC(=O)O)(C1)C2. The predicted molar refractivity (Wildman–Crippen MR) is 51.0 cm³/mol. The Morgan fingerprint density at radius 2 is 2.07 bits per heavy atom. The van der Waals surface area contributed by atoms with Crippen molar-refractivity contribution < 1.29 is 15.0 Å². The Bertz CT molecular complexity index is 244. The molecule has 80 valence electrons. The molecule has 3 aliphatic carbocycles. The van der Waals surface area contributed by atoms with Crippen LogP contribution in [0.1, 0.15) is 32.6 Å². The van der Waals surface area contributed by atoms with Crippen LogP contribution < -0.4 is 5.32 Å². The summed E-state index contributed by atoms with van der Waals surface area (Å²) in [5, 5.41) is 19.9. The van der Waals surface area contributed by atoms with E-state index in [2.05, 4.69) is 12.2 Å². The summed E-state index contributed by atoms with van der Waals surface area (Å²) < 4.78 is 0. The maximum atomic E-state index is 10.4. The van der Waals surface area contributed by atoms with Gasteiger partial charge in [0.15, 0.2) is 0 Å². The average Bonchev–Trinajstić information content (AvgIpc) is 1.97. The molecule has 0 unspecified atom stereocenters. The molecule has 0 spiro atoms. The lowest BCUT2D eigenvalue weighted by atomic mass is 9.35. The van der Waals surface area contributed by atoms with Crippen LogP contribution in [0.15, 0.2) is 0 Å². The van der Waals surface area contributed by atoms with Crippen molar-refractivity contribution in [1.82, 2.24) is 5.32 Å². The van der Waals surface area contributed by atoms with Crippen LogP contribution in [0.4, 0.5) is 4.79 Å². The van der Waals surface area contributed by atoms with Crippen molar-refractivity contribution >= 4 is 6.09 Å². The highest BCUT2D eigenvalue weighted by atomic mass is 16.4. The van der Waals surface area contributed by atoms with E-state index in [4.69, 9.17) is 10.2 Å². The first-order valence-electron chi connectivity index (χ1n) is 5.07. The maximum absolute atomic E-state index is 10.4. The van der Waals surface area contributed by atoms with Crippen LogP contribution in [0.2, 0.25) is 0 Å². The molecular formula is C10H17NO3. The fourth-order valence-electron chi connectivity index (χ4n) is 3.64. The molecular weight excluding hydrogens is 182 g/mol. The Morgan fingerprint density at radius 1 is 1.50 bits per heavy atom. The maximum Gasteiger partial charge on any atom is 0.404 e. The summed E-state index contributed by atoms with van der Waals surface area (Å²) in [7, 11) is 0. The third kappa shape index (κ3) is 1.47. The number of hydrogen-bond donors (Lipinski definition) is 3. The Hall–Kier alpha value is -0.770. The number of carboxylic acid groups (broad SMARTS) is 1. The van der Waals surface area contributed by atoms with Crippen LogP contribution in [0.5, 0.6) is 0 Å². The highest BCUT2D eigenvalue weighted by Gasteiger charge is 2.64. The Balaban J connectivity index is 1.81. The largest absolute Gasteiger partial charge is 0.465 e. The van der Waals surface area contributed by atoms with Crippen molar-refractivity contribution in [2.24, 2.45) is 10.8 Å². The molecule has 0 saturated heterocycles. The second kappa shape index (κ2) is 2.86. The molecule has 3 saturated carbocycles. The second-order valence-electron chi connectivity index (χ2n) is 5.37. The molecule has 4 nitrogen and oxygen atoms in total. The van der Waals surface area contributed by atoms with Gasteiger partial charge in [-0.3, -0.25) is 0 Å². The molecule has 14 heavy (non-hydrogen) atoms. The molecule has 0 aliphatic heterocycles. The number of hydrogen-bond acceptors (Lipinski definition) is 2. The van der Waals surface area contributed by atoms with Gasteiger partial charge in [-0.2, -0.15) is 0 Å². The van der Waals surface area contributed by atoms with Gasteiger partial charge in [0.1, 0.15) is 0 Å². The molecule has 3 N–H and O–H groups in total. The fourth-order valence-corrected chi connectivity index (χ4v) is 3.64. The summed E-state index contributed by atoms with van der Waals surface area (Å²) in [6, 6.07) is -0.280. The van der Waals surface area contributed by atoms with E-state index in [1.165, 1.54) is 19.3 Å². The fraction of sp³-hybridized carbons (Fsp3) is 0.900. The third-order valence-electron chi connectivity index (χ3n) is 3.63. The van der Waals surface area contributed by atoms with Gasteiger partial charge in [0.25, 0.3) is 0 Å². The molecule has 0 aromatic carbocycles. The summed E-state index contributed by atoms with van der Waals surface area (Å²) in [6.45, 7) is 2.18. The van der Waals surface area contributed by atoms with E-state index < -0.39 is 6.09 Å². The molecule has 1 amide bonds. The molecule has 3 rings (SSSR count). The molecule has 3 aliphatic rings. The summed E-state index contributed by atoms with van der Waals surface area (Å²) in [6.07, 6.45) is 3.38. The smallest absolute Gasteiger partial charge is 0.404 e. The number of carbonyl (C=O) groups is 1. The molecule has 1 atom stereocenters. The Kier molecular flexibility index (Phi) is 2.00. The van der Waals surface area contributed by atoms with Crippen LogP contribution >= 0.6 is 0 Å². The molecule has 0 aromatic rings. The molecule has 3 fully saturated rings. The quantitative estimate of drug-likeness (QED) is 0.637. The summed E-state index contributed by atoms with van der Waals surface area (Å²) in [5.41, 5.74) is 0.897. The number of nitrogens with one attached hydrogen (secondary N) is 1.